The van der Waals surface area contributed by atoms with Gasteiger partial charge in [-0.3, -0.25) is 0 Å². The van der Waals surface area contributed by atoms with Gasteiger partial charge in [-0.1, -0.05) is 38.1 Å². The van der Waals surface area contributed by atoms with Crippen molar-refractivity contribution in [3.8, 4) is 0 Å². The fourth-order valence-corrected chi connectivity index (χ4v) is 1.74. The maximum atomic E-state index is 12.8. The minimum atomic E-state index is -4.25. The lowest BCUT2D eigenvalue weighted by Gasteiger charge is -2.23. The maximum Gasteiger partial charge on any atom is 0.407 e. The predicted octanol–water partition coefficient (Wildman–Crippen LogP) is 3.46. The number of halogens is 3. The molecule has 0 radical (unpaired) electrons. The van der Waals surface area contributed by atoms with Crippen LogP contribution in [-0.2, 0) is 6.42 Å². The molecule has 0 aliphatic rings. The first kappa shape index (κ1) is 13.0. The van der Waals surface area contributed by atoms with Gasteiger partial charge in [-0.05, 0) is 24.1 Å². The monoisotopic (exact) mass is 231 g/mol. The molecule has 1 unspecified atom stereocenters. The number of rotatable bonds is 4. The van der Waals surface area contributed by atoms with E-state index in [2.05, 4.69) is 5.32 Å². The zero-order valence-corrected chi connectivity index (χ0v) is 9.43. The SMILES string of the molecule is CCNC(c1ccccc1CC)C(F)(F)F. The third kappa shape index (κ3) is 2.98. The Kier molecular flexibility index (Phi) is 4.35. The second-order valence-corrected chi connectivity index (χ2v) is 3.58. The van der Waals surface area contributed by atoms with Gasteiger partial charge in [0, 0.05) is 0 Å². The van der Waals surface area contributed by atoms with Crippen molar-refractivity contribution in [1.29, 1.82) is 0 Å². The molecular weight excluding hydrogens is 215 g/mol. The van der Waals surface area contributed by atoms with Crippen molar-refractivity contribution in [3.05, 3.63) is 35.4 Å². The van der Waals surface area contributed by atoms with Gasteiger partial charge in [0.2, 0.25) is 0 Å². The molecule has 0 saturated heterocycles. The average Bonchev–Trinajstić information content (AvgIpc) is 2.24. The minimum absolute atomic E-state index is 0.294. The van der Waals surface area contributed by atoms with Gasteiger partial charge in [0.25, 0.3) is 0 Å². The van der Waals surface area contributed by atoms with E-state index in [9.17, 15) is 13.2 Å². The molecule has 1 aromatic carbocycles. The third-order valence-corrected chi connectivity index (χ3v) is 2.48. The summed E-state index contributed by atoms with van der Waals surface area (Å²) in [5.74, 6) is 0. The van der Waals surface area contributed by atoms with Gasteiger partial charge in [-0.15, -0.1) is 0 Å². The molecule has 0 aromatic heterocycles. The number of aryl methyl sites for hydroxylation is 1. The Morgan fingerprint density at radius 2 is 1.81 bits per heavy atom. The summed E-state index contributed by atoms with van der Waals surface area (Å²) in [7, 11) is 0. The first-order valence-corrected chi connectivity index (χ1v) is 5.38. The van der Waals surface area contributed by atoms with E-state index < -0.39 is 12.2 Å². The van der Waals surface area contributed by atoms with E-state index in [0.29, 0.717) is 18.5 Å². The Bertz CT molecular complexity index is 333. The van der Waals surface area contributed by atoms with E-state index in [4.69, 9.17) is 0 Å². The summed E-state index contributed by atoms with van der Waals surface area (Å²) in [5.41, 5.74) is 1.07. The smallest absolute Gasteiger partial charge is 0.303 e. The number of hydrogen-bond acceptors (Lipinski definition) is 1. The Morgan fingerprint density at radius 3 is 2.31 bits per heavy atom. The van der Waals surface area contributed by atoms with Crippen molar-refractivity contribution in [2.24, 2.45) is 0 Å². The lowest BCUT2D eigenvalue weighted by Crippen LogP contribution is -2.34. The molecule has 0 spiro atoms. The van der Waals surface area contributed by atoms with E-state index >= 15 is 0 Å². The van der Waals surface area contributed by atoms with Crippen LogP contribution in [0.4, 0.5) is 13.2 Å². The number of nitrogens with one attached hydrogen (secondary N) is 1. The van der Waals surface area contributed by atoms with Gasteiger partial charge in [0.1, 0.15) is 6.04 Å². The van der Waals surface area contributed by atoms with Gasteiger partial charge in [0.15, 0.2) is 0 Å². The van der Waals surface area contributed by atoms with Crippen LogP contribution < -0.4 is 5.32 Å². The molecule has 16 heavy (non-hydrogen) atoms. The Labute approximate surface area is 93.7 Å². The van der Waals surface area contributed by atoms with E-state index in [1.165, 1.54) is 0 Å². The van der Waals surface area contributed by atoms with Crippen molar-refractivity contribution in [1.82, 2.24) is 5.32 Å². The van der Waals surface area contributed by atoms with Gasteiger partial charge in [-0.25, -0.2) is 0 Å². The Hall–Kier alpha value is -1.03. The minimum Gasteiger partial charge on any atom is -0.303 e. The van der Waals surface area contributed by atoms with Crippen LogP contribution in [0, 0.1) is 0 Å². The molecule has 0 aliphatic heterocycles. The summed E-state index contributed by atoms with van der Waals surface area (Å²) < 4.78 is 38.5. The van der Waals surface area contributed by atoms with Crippen LogP contribution in [-0.4, -0.2) is 12.7 Å². The predicted molar refractivity (Wildman–Crippen MR) is 58.3 cm³/mol. The standard InChI is InChI=1S/C12H16F3N/c1-3-9-7-5-6-8-10(9)11(16-4-2)12(13,14)15/h5-8,11,16H,3-4H2,1-2H3. The molecule has 90 valence electrons. The van der Waals surface area contributed by atoms with Crippen LogP contribution in [0.25, 0.3) is 0 Å². The maximum absolute atomic E-state index is 12.8. The van der Waals surface area contributed by atoms with Crippen LogP contribution >= 0.6 is 0 Å². The van der Waals surface area contributed by atoms with Gasteiger partial charge in [0.05, 0.1) is 0 Å². The van der Waals surface area contributed by atoms with Crippen molar-refractivity contribution < 1.29 is 13.2 Å². The second kappa shape index (κ2) is 5.34. The van der Waals surface area contributed by atoms with E-state index in [1.54, 1.807) is 31.2 Å². The van der Waals surface area contributed by atoms with Crippen molar-refractivity contribution in [2.75, 3.05) is 6.54 Å². The molecule has 0 bridgehead atoms. The van der Waals surface area contributed by atoms with Crippen LogP contribution in [0.1, 0.15) is 31.0 Å². The zero-order valence-electron chi connectivity index (χ0n) is 9.43. The molecular formula is C12H16F3N. The summed E-state index contributed by atoms with van der Waals surface area (Å²) in [4.78, 5) is 0. The van der Waals surface area contributed by atoms with Gasteiger partial charge in [-0.2, -0.15) is 13.2 Å². The summed E-state index contributed by atoms with van der Waals surface area (Å²) in [5, 5.41) is 2.49. The first-order valence-electron chi connectivity index (χ1n) is 5.38. The second-order valence-electron chi connectivity index (χ2n) is 3.58. The quantitative estimate of drug-likeness (QED) is 0.836. The summed E-state index contributed by atoms with van der Waals surface area (Å²) in [6.07, 6.45) is -3.64. The largest absolute Gasteiger partial charge is 0.407 e. The highest BCUT2D eigenvalue weighted by Crippen LogP contribution is 2.34. The van der Waals surface area contributed by atoms with E-state index in [0.717, 1.165) is 5.56 Å². The molecule has 1 aromatic rings. The van der Waals surface area contributed by atoms with E-state index in [1.807, 2.05) is 6.92 Å². The summed E-state index contributed by atoms with van der Waals surface area (Å²) >= 11 is 0. The van der Waals surface area contributed by atoms with Crippen molar-refractivity contribution >= 4 is 0 Å². The lowest BCUT2D eigenvalue weighted by atomic mass is 9.98. The average molecular weight is 231 g/mol. The number of hydrogen-bond donors (Lipinski definition) is 1. The highest BCUT2D eigenvalue weighted by Gasteiger charge is 2.40. The lowest BCUT2D eigenvalue weighted by molar-refractivity contribution is -0.157. The molecule has 4 heteroatoms. The first-order chi connectivity index (χ1) is 7.50. The van der Waals surface area contributed by atoms with Gasteiger partial charge >= 0.3 is 6.18 Å². The summed E-state index contributed by atoms with van der Waals surface area (Å²) in [6.45, 7) is 3.83. The van der Waals surface area contributed by atoms with Crippen molar-refractivity contribution in [2.45, 2.75) is 32.5 Å². The highest BCUT2D eigenvalue weighted by atomic mass is 19.4. The fourth-order valence-electron chi connectivity index (χ4n) is 1.74. The fraction of sp³-hybridized carbons (Fsp3) is 0.500. The molecule has 1 N–H and O–H groups in total. The molecule has 0 saturated carbocycles. The van der Waals surface area contributed by atoms with Crippen LogP contribution in [0.3, 0.4) is 0 Å². The van der Waals surface area contributed by atoms with E-state index in [-0.39, 0.29) is 0 Å². The number of alkyl halides is 3. The normalized spacial score (nSPS) is 13.8. The Morgan fingerprint density at radius 1 is 1.19 bits per heavy atom. The molecule has 1 nitrogen and oxygen atoms in total. The molecule has 0 fully saturated rings. The third-order valence-electron chi connectivity index (χ3n) is 2.48. The van der Waals surface area contributed by atoms with Crippen LogP contribution in [0.5, 0.6) is 0 Å². The summed E-state index contributed by atoms with van der Waals surface area (Å²) in [6, 6.07) is 5.13. The van der Waals surface area contributed by atoms with Crippen LogP contribution in [0.15, 0.2) is 24.3 Å². The van der Waals surface area contributed by atoms with Gasteiger partial charge < -0.3 is 5.32 Å². The number of benzene rings is 1. The zero-order chi connectivity index (χ0) is 12.2. The Balaban J connectivity index is 3.10. The molecule has 0 aliphatic carbocycles. The highest BCUT2D eigenvalue weighted by molar-refractivity contribution is 5.31. The van der Waals surface area contributed by atoms with Crippen LogP contribution in [0.2, 0.25) is 0 Å². The molecule has 1 atom stereocenters. The topological polar surface area (TPSA) is 12.0 Å². The molecule has 0 heterocycles. The molecule has 0 amide bonds. The van der Waals surface area contributed by atoms with Crippen molar-refractivity contribution in [3.63, 3.8) is 0 Å². The molecule has 1 rings (SSSR count).